The molecular weight excluding hydrogens is 409 g/mol. The summed E-state index contributed by atoms with van der Waals surface area (Å²) in [5.74, 6) is -0.0110. The summed E-state index contributed by atoms with van der Waals surface area (Å²) in [4.78, 5) is 16.2. The number of benzene rings is 1. The van der Waals surface area contributed by atoms with Crippen molar-refractivity contribution in [2.75, 3.05) is 19.8 Å². The summed E-state index contributed by atoms with van der Waals surface area (Å²) in [5, 5.41) is 2.58. The standard InChI is InChI=1S/C15H18F5N5O2S/c16-28(17,18,19,20)9-1-2-11-10(7-9)15(26)27-14(22-11)12-3-4-13(24-23-12)25-6-5-21-8-25/h1-2,7,12-13,21,23-24H,3-6,8H2. The van der Waals surface area contributed by atoms with Crippen LogP contribution in [0.25, 0.3) is 10.9 Å². The molecule has 2 fully saturated rings. The van der Waals surface area contributed by atoms with E-state index in [1.54, 1.807) is 0 Å². The molecule has 13 heteroatoms. The van der Waals surface area contributed by atoms with Gasteiger partial charge in [0.2, 0.25) is 5.89 Å². The Bertz CT molecular complexity index is 969. The van der Waals surface area contributed by atoms with Crippen LogP contribution in [-0.4, -0.2) is 35.8 Å². The van der Waals surface area contributed by atoms with E-state index in [0.717, 1.165) is 32.2 Å². The zero-order valence-corrected chi connectivity index (χ0v) is 15.2. The molecule has 1 aromatic heterocycles. The molecule has 0 radical (unpaired) electrons. The number of nitrogens with one attached hydrogen (secondary N) is 3. The normalized spacial score (nSPS) is 26.9. The monoisotopic (exact) mass is 427 g/mol. The van der Waals surface area contributed by atoms with Gasteiger partial charge in [-0.2, -0.15) is 0 Å². The highest BCUT2D eigenvalue weighted by Gasteiger charge is 2.65. The molecule has 7 nitrogen and oxygen atoms in total. The Morgan fingerprint density at radius 2 is 1.93 bits per heavy atom. The van der Waals surface area contributed by atoms with Gasteiger partial charge in [-0.15, -0.1) is 0 Å². The molecule has 2 aliphatic heterocycles. The molecule has 4 rings (SSSR count). The molecule has 2 aliphatic rings. The van der Waals surface area contributed by atoms with Crippen LogP contribution in [0.15, 0.2) is 32.3 Å². The average molecular weight is 427 g/mol. The third kappa shape index (κ3) is 3.85. The summed E-state index contributed by atoms with van der Waals surface area (Å²) in [6, 6.07) is 0.628. The van der Waals surface area contributed by atoms with Crippen LogP contribution in [0.3, 0.4) is 0 Å². The van der Waals surface area contributed by atoms with E-state index in [9.17, 15) is 24.2 Å². The zero-order chi connectivity index (χ0) is 20.2. The lowest BCUT2D eigenvalue weighted by atomic mass is 10.1. The highest BCUT2D eigenvalue weighted by atomic mass is 32.5. The van der Waals surface area contributed by atoms with Gasteiger partial charge in [0.15, 0.2) is 0 Å². The van der Waals surface area contributed by atoms with Crippen molar-refractivity contribution in [3.8, 4) is 0 Å². The van der Waals surface area contributed by atoms with E-state index in [0.29, 0.717) is 6.42 Å². The van der Waals surface area contributed by atoms with Gasteiger partial charge in [-0.25, -0.2) is 20.6 Å². The Morgan fingerprint density at radius 1 is 1.14 bits per heavy atom. The predicted octanol–water partition coefficient (Wildman–Crippen LogP) is 2.96. The van der Waals surface area contributed by atoms with Gasteiger partial charge in [0.25, 0.3) is 0 Å². The molecule has 3 N–H and O–H groups in total. The van der Waals surface area contributed by atoms with Gasteiger partial charge in [0.05, 0.1) is 23.1 Å². The van der Waals surface area contributed by atoms with Crippen LogP contribution in [0.2, 0.25) is 0 Å². The first-order valence-electron chi connectivity index (χ1n) is 8.55. The second kappa shape index (κ2) is 5.86. The smallest absolute Gasteiger partial charge is 0.346 e. The van der Waals surface area contributed by atoms with Gasteiger partial charge in [-0.3, -0.25) is 4.90 Å². The molecule has 1 aromatic carbocycles. The van der Waals surface area contributed by atoms with Gasteiger partial charge < -0.3 is 9.73 Å². The summed E-state index contributed by atoms with van der Waals surface area (Å²) in [5.41, 5.74) is 4.82. The molecule has 28 heavy (non-hydrogen) atoms. The van der Waals surface area contributed by atoms with Crippen LogP contribution in [0, 0.1) is 0 Å². The Hall–Kier alpha value is -1.80. The number of fused-ring (bicyclic) bond motifs is 1. The fourth-order valence-electron chi connectivity index (χ4n) is 3.37. The molecule has 2 atom stereocenters. The van der Waals surface area contributed by atoms with Crippen LogP contribution < -0.4 is 21.8 Å². The zero-order valence-electron chi connectivity index (χ0n) is 14.4. The van der Waals surface area contributed by atoms with E-state index < -0.39 is 32.2 Å². The average Bonchev–Trinajstić information content (AvgIpc) is 3.14. The SMILES string of the molecule is O=c1oc(C2CCC(N3CCNC3)NN2)nc2ccc(S(F)(F)(F)(F)F)cc12. The number of nitrogens with zero attached hydrogens (tertiary/aromatic N) is 2. The van der Waals surface area contributed by atoms with Crippen molar-refractivity contribution < 1.29 is 23.8 Å². The minimum atomic E-state index is -9.89. The van der Waals surface area contributed by atoms with Crippen LogP contribution in [0.5, 0.6) is 0 Å². The van der Waals surface area contributed by atoms with Gasteiger partial charge in [-0.1, -0.05) is 19.4 Å². The maximum atomic E-state index is 13.0. The molecule has 0 amide bonds. The molecule has 2 unspecified atom stereocenters. The van der Waals surface area contributed by atoms with E-state index in [1.807, 2.05) is 0 Å². The van der Waals surface area contributed by atoms with Crippen molar-refractivity contribution in [2.45, 2.75) is 29.9 Å². The van der Waals surface area contributed by atoms with Crippen molar-refractivity contribution in [1.82, 2.24) is 26.1 Å². The maximum absolute atomic E-state index is 13.0. The minimum absolute atomic E-state index is 0.0110. The van der Waals surface area contributed by atoms with Crippen molar-refractivity contribution in [1.29, 1.82) is 0 Å². The summed E-state index contributed by atoms with van der Waals surface area (Å²) < 4.78 is 69.8. The van der Waals surface area contributed by atoms with E-state index >= 15 is 0 Å². The quantitative estimate of drug-likeness (QED) is 0.650. The first kappa shape index (κ1) is 19.5. The van der Waals surface area contributed by atoms with E-state index in [-0.39, 0.29) is 29.7 Å². The minimum Gasteiger partial charge on any atom is -0.406 e. The van der Waals surface area contributed by atoms with Gasteiger partial charge in [0, 0.05) is 19.8 Å². The van der Waals surface area contributed by atoms with Gasteiger partial charge in [-0.05, 0) is 31.0 Å². The number of hydrogen-bond acceptors (Lipinski definition) is 7. The number of aromatic nitrogens is 1. The molecule has 0 bridgehead atoms. The third-order valence-corrected chi connectivity index (χ3v) is 5.99. The molecule has 2 saturated heterocycles. The Labute approximate surface area is 156 Å². The van der Waals surface area contributed by atoms with Crippen LogP contribution in [-0.2, 0) is 0 Å². The molecule has 156 valence electrons. The summed E-state index contributed by atoms with van der Waals surface area (Å²) in [7, 11) is -9.89. The topological polar surface area (TPSA) is 82.4 Å². The predicted molar refractivity (Wildman–Crippen MR) is 93.3 cm³/mol. The summed E-state index contributed by atoms with van der Waals surface area (Å²) in [6.45, 7) is 2.54. The van der Waals surface area contributed by atoms with E-state index in [1.165, 1.54) is 0 Å². The number of halogens is 5. The van der Waals surface area contributed by atoms with Crippen LogP contribution in [0.1, 0.15) is 24.8 Å². The summed E-state index contributed by atoms with van der Waals surface area (Å²) >= 11 is 0. The fourth-order valence-corrected chi connectivity index (χ4v) is 4.04. The molecule has 0 spiro atoms. The van der Waals surface area contributed by atoms with Gasteiger partial charge >= 0.3 is 15.8 Å². The fraction of sp³-hybridized carbons (Fsp3) is 0.467. The summed E-state index contributed by atoms with van der Waals surface area (Å²) in [6.07, 6.45) is 1.38. The number of hydrogen-bond donors (Lipinski definition) is 3. The lowest BCUT2D eigenvalue weighted by Crippen LogP contribution is -2.55. The van der Waals surface area contributed by atoms with Crippen molar-refractivity contribution in [2.24, 2.45) is 0 Å². The first-order chi connectivity index (χ1) is 12.9. The largest absolute Gasteiger partial charge is 0.406 e. The highest BCUT2D eigenvalue weighted by molar-refractivity contribution is 8.45. The first-order valence-corrected chi connectivity index (χ1v) is 10.5. The van der Waals surface area contributed by atoms with Crippen molar-refractivity contribution >= 4 is 21.1 Å². The number of hydrazine groups is 1. The lowest BCUT2D eigenvalue weighted by molar-refractivity contribution is 0.116. The van der Waals surface area contributed by atoms with Crippen molar-refractivity contribution in [3.05, 3.63) is 34.5 Å². The molecule has 0 aliphatic carbocycles. The second-order valence-electron chi connectivity index (χ2n) is 6.89. The van der Waals surface area contributed by atoms with Crippen molar-refractivity contribution in [3.63, 3.8) is 0 Å². The third-order valence-electron chi connectivity index (χ3n) is 4.84. The second-order valence-corrected chi connectivity index (χ2v) is 9.30. The van der Waals surface area contributed by atoms with Gasteiger partial charge in [0.1, 0.15) is 4.90 Å². The number of rotatable bonds is 3. The molecular formula is C15H18F5N5O2S. The van der Waals surface area contributed by atoms with Crippen LogP contribution in [0.4, 0.5) is 19.4 Å². The van der Waals surface area contributed by atoms with E-state index in [4.69, 9.17) is 4.42 Å². The molecule has 0 saturated carbocycles. The molecule has 2 aromatic rings. The Kier molecular flexibility index (Phi) is 4.08. The molecule has 3 heterocycles. The maximum Gasteiger partial charge on any atom is 0.346 e. The Balaban J connectivity index is 1.59. The van der Waals surface area contributed by atoms with Crippen LogP contribution >= 0.6 is 10.2 Å². The van der Waals surface area contributed by atoms with E-state index in [2.05, 4.69) is 26.1 Å². The lowest BCUT2D eigenvalue weighted by Gasteiger charge is -2.40. The highest BCUT2D eigenvalue weighted by Crippen LogP contribution is 3.02. The Morgan fingerprint density at radius 3 is 2.54 bits per heavy atom.